The first kappa shape index (κ1) is 12.2. The summed E-state index contributed by atoms with van der Waals surface area (Å²) < 4.78 is 48.1. The van der Waals surface area contributed by atoms with Crippen LogP contribution in [-0.4, -0.2) is 14.3 Å². The molecule has 0 aromatic rings. The molecule has 0 saturated heterocycles. The van der Waals surface area contributed by atoms with Gasteiger partial charge < -0.3 is 1.43 Å². The van der Waals surface area contributed by atoms with Gasteiger partial charge >= 0.3 is 56.9 Å². The normalized spacial score (nSPS) is 14.5. The van der Waals surface area contributed by atoms with Crippen molar-refractivity contribution in [2.24, 2.45) is 0 Å². The Balaban J connectivity index is -0.000000180. The van der Waals surface area contributed by atoms with Crippen LogP contribution in [0, 0.1) is 0 Å². The van der Waals surface area contributed by atoms with E-state index < -0.39 is 16.6 Å². The zero-order valence-electron chi connectivity index (χ0n) is 4.90. The van der Waals surface area contributed by atoms with E-state index in [1.165, 1.54) is 0 Å². The van der Waals surface area contributed by atoms with Gasteiger partial charge in [0, 0.05) is 0 Å². The van der Waals surface area contributed by atoms with Crippen molar-refractivity contribution >= 4 is 11.1 Å². The van der Waals surface area contributed by atoms with Crippen molar-refractivity contribution in [2.45, 2.75) is 5.51 Å². The average molecular weight is 174 g/mol. The van der Waals surface area contributed by atoms with Gasteiger partial charge in [-0.25, -0.2) is 4.21 Å². The van der Waals surface area contributed by atoms with E-state index in [-0.39, 0.29) is 52.8 Å². The van der Waals surface area contributed by atoms with Crippen molar-refractivity contribution in [1.29, 1.82) is 0 Å². The summed E-state index contributed by atoms with van der Waals surface area (Å²) in [6.45, 7) is 0. The van der Waals surface area contributed by atoms with Crippen molar-refractivity contribution in [3.8, 4) is 0 Å². The molecule has 2 nitrogen and oxygen atoms in total. The monoisotopic (exact) mass is 174 g/mol. The van der Waals surface area contributed by atoms with E-state index in [9.17, 15) is 13.2 Å². The van der Waals surface area contributed by atoms with Crippen LogP contribution >= 0.6 is 0 Å². The molecule has 0 aliphatic rings. The second-order valence-corrected chi connectivity index (χ2v) is 1.66. The fourth-order valence-corrected chi connectivity index (χ4v) is 0. The molecule has 1 atom stereocenters. The van der Waals surface area contributed by atoms with Crippen molar-refractivity contribution in [1.82, 2.24) is 0 Å². The maximum Gasteiger partial charge on any atom is 1.00 e. The van der Waals surface area contributed by atoms with Gasteiger partial charge in [-0.2, -0.15) is 13.2 Å². The third-order valence-electron chi connectivity index (χ3n) is 0.198. The Labute approximate surface area is 90.0 Å². The van der Waals surface area contributed by atoms with Crippen LogP contribution in [0.5, 0.6) is 0 Å². The number of hydrogen-bond donors (Lipinski definition) is 1. The minimum absolute atomic E-state index is 0. The first-order valence-electron chi connectivity index (χ1n) is 1.12. The standard InChI is InChI=1S/CHF3O2S.K.H/c2-1(3,4)7(5)6;;/h(H,5,6);;/q;+1;-1. The maximum absolute atomic E-state index is 10.6. The summed E-state index contributed by atoms with van der Waals surface area (Å²) in [6, 6.07) is 0. The quantitative estimate of drug-likeness (QED) is 0.336. The molecule has 0 radical (unpaired) electrons. The largest absolute Gasteiger partial charge is 1.00 e. The molecule has 1 unspecified atom stereocenters. The fourth-order valence-electron chi connectivity index (χ4n) is 0. The maximum atomic E-state index is 10.6. The van der Waals surface area contributed by atoms with Crippen LogP contribution in [0.2, 0.25) is 0 Å². The van der Waals surface area contributed by atoms with E-state index in [1.54, 1.807) is 0 Å². The van der Waals surface area contributed by atoms with Crippen molar-refractivity contribution in [2.75, 3.05) is 0 Å². The minimum Gasteiger partial charge on any atom is -1.00 e. The number of hydrogen-bond acceptors (Lipinski definition) is 1. The second kappa shape index (κ2) is 4.37. The summed E-state index contributed by atoms with van der Waals surface area (Å²) in [5.41, 5.74) is -4.97. The van der Waals surface area contributed by atoms with Crippen LogP contribution in [0.25, 0.3) is 0 Å². The van der Waals surface area contributed by atoms with Crippen LogP contribution in [0.1, 0.15) is 1.43 Å². The van der Waals surface area contributed by atoms with Crippen molar-refractivity contribution < 1.29 is 74.7 Å². The van der Waals surface area contributed by atoms with E-state index >= 15 is 0 Å². The SMILES string of the molecule is O=S(O)C(F)(F)F.[H-].[K+]. The fraction of sp³-hybridized carbons (Fsp3) is 1.00. The van der Waals surface area contributed by atoms with Gasteiger partial charge in [-0.05, 0) is 0 Å². The molecule has 8 heavy (non-hydrogen) atoms. The smallest absolute Gasteiger partial charge is 1.00 e. The summed E-state index contributed by atoms with van der Waals surface area (Å²) in [6.07, 6.45) is 0. The van der Waals surface area contributed by atoms with E-state index in [1.807, 2.05) is 0 Å². The van der Waals surface area contributed by atoms with Crippen LogP contribution in [0.15, 0.2) is 0 Å². The Kier molecular flexibility index (Phi) is 6.68. The first-order chi connectivity index (χ1) is 2.94. The van der Waals surface area contributed by atoms with Gasteiger partial charge in [0.15, 0.2) is 0 Å². The number of halogens is 3. The summed E-state index contributed by atoms with van der Waals surface area (Å²) >= 11 is -3.68. The molecule has 0 saturated carbocycles. The Morgan fingerprint density at radius 1 is 1.50 bits per heavy atom. The predicted molar refractivity (Wildman–Crippen MR) is 17.9 cm³/mol. The Morgan fingerprint density at radius 3 is 1.62 bits per heavy atom. The van der Waals surface area contributed by atoms with Gasteiger partial charge in [-0.3, -0.25) is 4.55 Å². The van der Waals surface area contributed by atoms with Crippen molar-refractivity contribution in [3.63, 3.8) is 0 Å². The number of rotatable bonds is 0. The Hall–Kier alpha value is 1.54. The van der Waals surface area contributed by atoms with Gasteiger partial charge in [0.05, 0.1) is 0 Å². The summed E-state index contributed by atoms with van der Waals surface area (Å²) in [5, 5.41) is 0. The molecule has 0 aromatic carbocycles. The summed E-state index contributed by atoms with van der Waals surface area (Å²) in [4.78, 5) is 0. The van der Waals surface area contributed by atoms with Crippen LogP contribution in [0.3, 0.4) is 0 Å². The molecule has 0 heterocycles. The van der Waals surface area contributed by atoms with Crippen LogP contribution < -0.4 is 51.4 Å². The van der Waals surface area contributed by atoms with Gasteiger partial charge in [0.2, 0.25) is 0 Å². The van der Waals surface area contributed by atoms with Gasteiger partial charge in [-0.1, -0.05) is 0 Å². The third kappa shape index (κ3) is 5.67. The molecule has 0 fully saturated rings. The summed E-state index contributed by atoms with van der Waals surface area (Å²) in [5.74, 6) is 0. The Morgan fingerprint density at radius 2 is 1.62 bits per heavy atom. The predicted octanol–water partition coefficient (Wildman–Crippen LogP) is -2.16. The average Bonchev–Trinajstić information content (AvgIpc) is 1.31. The van der Waals surface area contributed by atoms with Gasteiger partial charge in [-0.15, -0.1) is 0 Å². The molecule has 1 N–H and O–H groups in total. The molecule has 0 spiro atoms. The van der Waals surface area contributed by atoms with Gasteiger partial charge in [0.1, 0.15) is 0 Å². The topological polar surface area (TPSA) is 37.3 Å². The zero-order chi connectivity index (χ0) is 6.08. The molecule has 0 aliphatic carbocycles. The molecule has 0 bridgehead atoms. The first-order valence-corrected chi connectivity index (χ1v) is 2.23. The summed E-state index contributed by atoms with van der Waals surface area (Å²) in [7, 11) is 0. The van der Waals surface area contributed by atoms with Crippen LogP contribution in [-0.2, 0) is 11.1 Å². The van der Waals surface area contributed by atoms with Crippen LogP contribution in [0.4, 0.5) is 13.2 Å². The molecule has 0 amide bonds. The van der Waals surface area contributed by atoms with E-state index in [2.05, 4.69) is 0 Å². The number of alkyl halides is 3. The van der Waals surface area contributed by atoms with E-state index in [4.69, 9.17) is 8.76 Å². The molecular formula is CH2F3KO2S. The Bertz CT molecular complexity index is 94.3. The van der Waals surface area contributed by atoms with Crippen molar-refractivity contribution in [3.05, 3.63) is 0 Å². The molecule has 0 aliphatic heterocycles. The molecular weight excluding hydrogens is 172 g/mol. The molecule has 46 valence electrons. The molecule has 0 aromatic heterocycles. The minimum atomic E-state index is -4.97. The van der Waals surface area contributed by atoms with E-state index in [0.29, 0.717) is 0 Å². The zero-order valence-corrected chi connectivity index (χ0v) is 7.84. The molecule has 7 heteroatoms. The van der Waals surface area contributed by atoms with E-state index in [0.717, 1.165) is 0 Å². The molecule has 0 rings (SSSR count). The second-order valence-electron chi connectivity index (χ2n) is 0.695. The third-order valence-corrected chi connectivity index (χ3v) is 0.594. The van der Waals surface area contributed by atoms with Gasteiger partial charge in [0.25, 0.3) is 11.1 Å².